The number of amides is 1. The first-order valence-corrected chi connectivity index (χ1v) is 8.82. The van der Waals surface area contributed by atoms with Gasteiger partial charge in [0.2, 0.25) is 10.1 Å². The monoisotopic (exact) mass is 365 g/mol. The molecular weight excluding hydrogens is 350 g/mol. The van der Waals surface area contributed by atoms with Crippen LogP contribution in [-0.2, 0) is 4.79 Å². The van der Waals surface area contributed by atoms with Crippen molar-refractivity contribution in [1.82, 2.24) is 19.8 Å². The van der Waals surface area contributed by atoms with Gasteiger partial charge in [0, 0.05) is 5.56 Å². The van der Waals surface area contributed by atoms with E-state index in [0.717, 1.165) is 5.56 Å². The third kappa shape index (κ3) is 3.27. The molecular formula is C18H15N5O2S. The number of ether oxygens (including phenoxy) is 1. The smallest absolute Gasteiger partial charge is 0.266 e. The first-order chi connectivity index (χ1) is 12.7. The lowest BCUT2D eigenvalue weighted by Gasteiger charge is -2.13. The SMILES string of the molecule is CC(Oc1ccccc1)C(=O)Nc1nn2c(-c3ccccc3)nnc2s1. The Bertz CT molecular complexity index is 1030. The molecule has 2 heterocycles. The van der Waals surface area contributed by atoms with Gasteiger partial charge < -0.3 is 4.74 Å². The number of carbonyl (C=O) groups is 1. The molecule has 0 aliphatic rings. The molecule has 4 aromatic rings. The summed E-state index contributed by atoms with van der Waals surface area (Å²) in [6.45, 7) is 1.69. The van der Waals surface area contributed by atoms with Crippen molar-refractivity contribution < 1.29 is 9.53 Å². The number of para-hydroxylation sites is 1. The molecule has 7 nitrogen and oxygen atoms in total. The summed E-state index contributed by atoms with van der Waals surface area (Å²) in [5.41, 5.74) is 0.906. The fourth-order valence-corrected chi connectivity index (χ4v) is 3.14. The average molecular weight is 365 g/mol. The van der Waals surface area contributed by atoms with Crippen LogP contribution in [0.2, 0.25) is 0 Å². The number of hydrogen-bond donors (Lipinski definition) is 1. The number of fused-ring (bicyclic) bond motifs is 1. The lowest BCUT2D eigenvalue weighted by atomic mass is 10.2. The number of hydrogen-bond acceptors (Lipinski definition) is 6. The van der Waals surface area contributed by atoms with Gasteiger partial charge in [-0.3, -0.25) is 10.1 Å². The van der Waals surface area contributed by atoms with Crippen molar-refractivity contribution in [2.45, 2.75) is 13.0 Å². The first kappa shape index (κ1) is 16.2. The molecule has 1 N–H and O–H groups in total. The van der Waals surface area contributed by atoms with E-state index < -0.39 is 6.10 Å². The molecule has 1 atom stereocenters. The van der Waals surface area contributed by atoms with Gasteiger partial charge in [-0.2, -0.15) is 4.52 Å². The molecule has 2 aromatic carbocycles. The standard InChI is InChI=1S/C18H15N5O2S/c1-12(25-14-10-6-3-7-11-14)16(24)19-17-22-23-15(20-21-18(23)26-17)13-8-4-2-5-9-13/h2-12H,1H3,(H,19,22,24). The minimum atomic E-state index is -0.652. The summed E-state index contributed by atoms with van der Waals surface area (Å²) in [6, 6.07) is 18.9. The summed E-state index contributed by atoms with van der Waals surface area (Å²) >= 11 is 1.26. The number of rotatable bonds is 5. The highest BCUT2D eigenvalue weighted by Crippen LogP contribution is 2.24. The number of benzene rings is 2. The maximum Gasteiger partial charge on any atom is 0.266 e. The van der Waals surface area contributed by atoms with Crippen LogP contribution in [0.15, 0.2) is 60.7 Å². The van der Waals surface area contributed by atoms with Crippen molar-refractivity contribution >= 4 is 27.3 Å². The second kappa shape index (κ2) is 6.93. The predicted octanol–water partition coefficient (Wildman–Crippen LogP) is 3.26. The van der Waals surface area contributed by atoms with Crippen molar-refractivity contribution in [3.8, 4) is 17.1 Å². The Morgan fingerprint density at radius 2 is 1.77 bits per heavy atom. The van der Waals surface area contributed by atoms with Gasteiger partial charge >= 0.3 is 0 Å². The van der Waals surface area contributed by atoms with Gasteiger partial charge in [0.05, 0.1) is 0 Å². The molecule has 0 spiro atoms. The molecule has 0 radical (unpaired) electrons. The number of nitrogens with zero attached hydrogens (tertiary/aromatic N) is 4. The minimum Gasteiger partial charge on any atom is -0.481 e. The molecule has 0 aliphatic carbocycles. The van der Waals surface area contributed by atoms with Gasteiger partial charge in [-0.1, -0.05) is 59.9 Å². The quantitative estimate of drug-likeness (QED) is 0.587. The Balaban J connectivity index is 1.51. The van der Waals surface area contributed by atoms with Crippen LogP contribution in [0.25, 0.3) is 16.3 Å². The van der Waals surface area contributed by atoms with E-state index in [4.69, 9.17) is 4.74 Å². The second-order valence-corrected chi connectivity index (χ2v) is 6.51. The highest BCUT2D eigenvalue weighted by Gasteiger charge is 2.19. The molecule has 0 bridgehead atoms. The topological polar surface area (TPSA) is 81.4 Å². The highest BCUT2D eigenvalue weighted by atomic mass is 32.1. The Labute approximate surface area is 153 Å². The highest BCUT2D eigenvalue weighted by molar-refractivity contribution is 7.20. The Kier molecular flexibility index (Phi) is 4.32. The molecule has 0 saturated heterocycles. The van der Waals surface area contributed by atoms with Crippen LogP contribution in [0.3, 0.4) is 0 Å². The van der Waals surface area contributed by atoms with Crippen LogP contribution in [-0.4, -0.2) is 31.8 Å². The first-order valence-electron chi connectivity index (χ1n) is 8.01. The fourth-order valence-electron chi connectivity index (χ4n) is 2.40. The molecule has 1 unspecified atom stereocenters. The number of carbonyl (C=O) groups excluding carboxylic acids is 1. The normalized spacial score (nSPS) is 12.0. The number of nitrogens with one attached hydrogen (secondary N) is 1. The van der Waals surface area contributed by atoms with Gasteiger partial charge in [0.15, 0.2) is 11.9 Å². The van der Waals surface area contributed by atoms with Crippen LogP contribution >= 0.6 is 11.3 Å². The van der Waals surface area contributed by atoms with E-state index in [0.29, 0.717) is 21.7 Å². The maximum absolute atomic E-state index is 12.4. The maximum atomic E-state index is 12.4. The summed E-state index contributed by atoms with van der Waals surface area (Å²) in [7, 11) is 0. The Morgan fingerprint density at radius 3 is 2.50 bits per heavy atom. The molecule has 4 rings (SSSR count). The zero-order valence-corrected chi connectivity index (χ0v) is 14.7. The van der Waals surface area contributed by atoms with Crippen molar-refractivity contribution in [3.05, 3.63) is 60.7 Å². The van der Waals surface area contributed by atoms with Crippen LogP contribution < -0.4 is 10.1 Å². The third-order valence-electron chi connectivity index (χ3n) is 3.68. The molecule has 26 heavy (non-hydrogen) atoms. The van der Waals surface area contributed by atoms with Crippen LogP contribution in [0.5, 0.6) is 5.75 Å². The van der Waals surface area contributed by atoms with Gasteiger partial charge in [-0.05, 0) is 19.1 Å². The van der Waals surface area contributed by atoms with Crippen LogP contribution in [0.1, 0.15) is 6.92 Å². The van der Waals surface area contributed by atoms with E-state index in [9.17, 15) is 4.79 Å². The van der Waals surface area contributed by atoms with E-state index in [2.05, 4.69) is 20.6 Å². The number of anilines is 1. The molecule has 2 aromatic heterocycles. The van der Waals surface area contributed by atoms with Crippen molar-refractivity contribution in [2.75, 3.05) is 5.32 Å². The van der Waals surface area contributed by atoms with Crippen molar-refractivity contribution in [3.63, 3.8) is 0 Å². The van der Waals surface area contributed by atoms with Crippen molar-refractivity contribution in [2.24, 2.45) is 0 Å². The van der Waals surface area contributed by atoms with E-state index >= 15 is 0 Å². The zero-order valence-electron chi connectivity index (χ0n) is 13.9. The predicted molar refractivity (Wildman–Crippen MR) is 99.3 cm³/mol. The van der Waals surface area contributed by atoms with Crippen molar-refractivity contribution in [1.29, 1.82) is 0 Å². The zero-order chi connectivity index (χ0) is 17.9. The summed E-state index contributed by atoms with van der Waals surface area (Å²) in [5.74, 6) is 0.991. The van der Waals surface area contributed by atoms with Crippen LogP contribution in [0, 0.1) is 0 Å². The molecule has 0 saturated carbocycles. The third-order valence-corrected chi connectivity index (χ3v) is 4.49. The molecule has 8 heteroatoms. The molecule has 0 fully saturated rings. The fraction of sp³-hybridized carbons (Fsp3) is 0.111. The largest absolute Gasteiger partial charge is 0.481 e. The average Bonchev–Trinajstić information content (AvgIpc) is 3.23. The Morgan fingerprint density at radius 1 is 1.08 bits per heavy atom. The molecule has 0 aliphatic heterocycles. The van der Waals surface area contributed by atoms with Crippen LogP contribution in [0.4, 0.5) is 5.13 Å². The summed E-state index contributed by atoms with van der Waals surface area (Å²) < 4.78 is 7.25. The minimum absolute atomic E-state index is 0.278. The Hall–Kier alpha value is -3.26. The van der Waals surface area contributed by atoms with Gasteiger partial charge in [0.1, 0.15) is 5.75 Å². The second-order valence-electron chi connectivity index (χ2n) is 5.55. The lowest BCUT2D eigenvalue weighted by molar-refractivity contribution is -0.122. The van der Waals surface area contributed by atoms with Gasteiger partial charge in [0.25, 0.3) is 5.91 Å². The van der Waals surface area contributed by atoms with Gasteiger partial charge in [-0.15, -0.1) is 15.3 Å². The van der Waals surface area contributed by atoms with E-state index in [1.54, 1.807) is 23.6 Å². The summed E-state index contributed by atoms with van der Waals surface area (Å²) in [5, 5.41) is 15.9. The van der Waals surface area contributed by atoms with Gasteiger partial charge in [-0.25, -0.2) is 0 Å². The lowest BCUT2D eigenvalue weighted by Crippen LogP contribution is -2.30. The summed E-state index contributed by atoms with van der Waals surface area (Å²) in [6.07, 6.45) is -0.652. The van der Waals surface area contributed by atoms with E-state index in [-0.39, 0.29) is 5.91 Å². The summed E-state index contributed by atoms with van der Waals surface area (Å²) in [4.78, 5) is 13.0. The van der Waals surface area contributed by atoms with E-state index in [1.165, 1.54) is 11.3 Å². The molecule has 1 amide bonds. The number of aromatic nitrogens is 4. The van der Waals surface area contributed by atoms with E-state index in [1.807, 2.05) is 48.5 Å². The molecule has 130 valence electrons.